The van der Waals surface area contributed by atoms with Gasteiger partial charge in [-0.3, -0.25) is 4.79 Å². The summed E-state index contributed by atoms with van der Waals surface area (Å²) in [6, 6.07) is 10.7. The monoisotopic (exact) mass is 437 g/mol. The van der Waals surface area contributed by atoms with Crippen LogP contribution in [0.4, 0.5) is 0 Å². The summed E-state index contributed by atoms with van der Waals surface area (Å²) in [6.45, 7) is 8.62. The maximum absolute atomic E-state index is 12.5. The summed E-state index contributed by atoms with van der Waals surface area (Å²) in [6.07, 6.45) is 4.20. The second-order valence-corrected chi connectivity index (χ2v) is 9.94. The van der Waals surface area contributed by atoms with Crippen LogP contribution in [0.25, 0.3) is 5.78 Å². The van der Waals surface area contributed by atoms with Crippen molar-refractivity contribution in [1.82, 2.24) is 24.9 Å². The van der Waals surface area contributed by atoms with Gasteiger partial charge in [-0.15, -0.1) is 5.10 Å². The Balaban J connectivity index is 1.43. The molecule has 0 bridgehead atoms. The normalized spacial score (nSPS) is 21.4. The first-order chi connectivity index (χ1) is 14.9. The quantitative estimate of drug-likeness (QED) is 0.580. The van der Waals surface area contributed by atoms with E-state index in [4.69, 9.17) is 0 Å². The van der Waals surface area contributed by atoms with Crippen molar-refractivity contribution in [3.8, 4) is 0 Å². The summed E-state index contributed by atoms with van der Waals surface area (Å²) in [5, 5.41) is 8.42. The van der Waals surface area contributed by atoms with Crippen LogP contribution in [-0.2, 0) is 11.2 Å². The molecule has 4 rings (SSSR count). The molecule has 2 heterocycles. The molecular weight excluding hydrogens is 406 g/mol. The molecule has 1 amide bonds. The van der Waals surface area contributed by atoms with Gasteiger partial charge in [-0.1, -0.05) is 55.9 Å². The van der Waals surface area contributed by atoms with Crippen LogP contribution in [0, 0.1) is 25.7 Å². The predicted molar refractivity (Wildman–Crippen MR) is 124 cm³/mol. The third-order valence-electron chi connectivity index (χ3n) is 6.13. The molecule has 2 aromatic heterocycles. The SMILES string of the molecule is Cc1nc2nc(SCC(=O)NC3C[C@H](C)C[C@@H](C)C3)nn2c(C)c1Cc1ccccc1. The van der Waals surface area contributed by atoms with Crippen molar-refractivity contribution in [2.24, 2.45) is 11.8 Å². The molecule has 1 aliphatic carbocycles. The number of hydrogen-bond donors (Lipinski definition) is 1. The number of aryl methyl sites for hydroxylation is 2. The Kier molecular flexibility index (Phi) is 6.60. The van der Waals surface area contributed by atoms with Crippen molar-refractivity contribution in [2.45, 2.75) is 64.6 Å². The van der Waals surface area contributed by atoms with E-state index in [1.165, 1.54) is 29.3 Å². The van der Waals surface area contributed by atoms with Gasteiger partial charge in [-0.2, -0.15) is 4.98 Å². The van der Waals surface area contributed by atoms with Crippen LogP contribution in [0.1, 0.15) is 55.6 Å². The zero-order valence-corrected chi connectivity index (χ0v) is 19.6. The van der Waals surface area contributed by atoms with Crippen molar-refractivity contribution < 1.29 is 4.79 Å². The Hall–Kier alpha value is -2.41. The number of thioether (sulfide) groups is 1. The molecule has 7 heteroatoms. The van der Waals surface area contributed by atoms with Gasteiger partial charge in [-0.25, -0.2) is 9.50 Å². The number of benzene rings is 1. The van der Waals surface area contributed by atoms with E-state index >= 15 is 0 Å². The van der Waals surface area contributed by atoms with E-state index in [-0.39, 0.29) is 11.9 Å². The lowest BCUT2D eigenvalue weighted by atomic mass is 9.80. The number of hydrogen-bond acceptors (Lipinski definition) is 5. The van der Waals surface area contributed by atoms with Gasteiger partial charge < -0.3 is 5.32 Å². The van der Waals surface area contributed by atoms with E-state index in [2.05, 4.69) is 65.4 Å². The molecule has 31 heavy (non-hydrogen) atoms. The predicted octanol–water partition coefficient (Wildman–Crippen LogP) is 4.36. The Bertz CT molecular complexity index is 1050. The summed E-state index contributed by atoms with van der Waals surface area (Å²) in [7, 11) is 0. The molecule has 1 fully saturated rings. The standard InChI is InChI=1S/C24H31N5OS/c1-15-10-16(2)12-20(11-15)26-22(30)14-31-24-27-23-25-17(3)21(18(4)29(23)28-24)13-19-8-6-5-7-9-19/h5-9,15-16,20H,10-14H2,1-4H3,(H,26,30)/t15-,16-/m1/s1. The highest BCUT2D eigenvalue weighted by Gasteiger charge is 2.25. The average molecular weight is 438 g/mol. The maximum atomic E-state index is 12.5. The van der Waals surface area contributed by atoms with Crippen molar-refractivity contribution in [2.75, 3.05) is 5.75 Å². The molecule has 0 radical (unpaired) electrons. The molecular formula is C24H31N5OS. The van der Waals surface area contributed by atoms with Crippen LogP contribution in [0.5, 0.6) is 0 Å². The highest BCUT2D eigenvalue weighted by molar-refractivity contribution is 7.99. The fraction of sp³-hybridized carbons (Fsp3) is 0.500. The van der Waals surface area contributed by atoms with Crippen molar-refractivity contribution >= 4 is 23.4 Å². The molecule has 6 nitrogen and oxygen atoms in total. The molecule has 1 aromatic carbocycles. The van der Waals surface area contributed by atoms with Crippen LogP contribution in [-0.4, -0.2) is 37.3 Å². The van der Waals surface area contributed by atoms with Gasteiger partial charge in [0.1, 0.15) is 0 Å². The highest BCUT2D eigenvalue weighted by Crippen LogP contribution is 2.28. The average Bonchev–Trinajstić information content (AvgIpc) is 3.12. The first kappa shape index (κ1) is 21.8. The minimum absolute atomic E-state index is 0.0563. The summed E-state index contributed by atoms with van der Waals surface area (Å²) in [5.41, 5.74) is 4.42. The number of rotatable bonds is 6. The molecule has 3 aromatic rings. The van der Waals surface area contributed by atoms with E-state index in [0.717, 1.165) is 30.7 Å². The van der Waals surface area contributed by atoms with Crippen LogP contribution >= 0.6 is 11.8 Å². The van der Waals surface area contributed by atoms with Crippen molar-refractivity contribution in [3.63, 3.8) is 0 Å². The zero-order valence-electron chi connectivity index (χ0n) is 18.8. The second kappa shape index (κ2) is 9.39. The smallest absolute Gasteiger partial charge is 0.253 e. The van der Waals surface area contributed by atoms with Gasteiger partial charge in [-0.05, 0) is 56.1 Å². The second-order valence-electron chi connectivity index (χ2n) is 9.00. The number of aromatic nitrogens is 4. The molecule has 1 saturated carbocycles. The minimum Gasteiger partial charge on any atom is -0.353 e. The molecule has 0 saturated heterocycles. The molecule has 0 aliphatic heterocycles. The lowest BCUT2D eigenvalue weighted by molar-refractivity contribution is -0.119. The van der Waals surface area contributed by atoms with Crippen LogP contribution in [0.2, 0.25) is 0 Å². The number of amides is 1. The summed E-state index contributed by atoms with van der Waals surface area (Å²) < 4.78 is 1.80. The molecule has 1 N–H and O–H groups in total. The fourth-order valence-electron chi connectivity index (χ4n) is 4.77. The van der Waals surface area contributed by atoms with E-state index in [9.17, 15) is 4.79 Å². The van der Waals surface area contributed by atoms with Gasteiger partial charge >= 0.3 is 0 Å². The third kappa shape index (κ3) is 5.26. The van der Waals surface area contributed by atoms with Gasteiger partial charge in [0.05, 0.1) is 5.75 Å². The first-order valence-corrected chi connectivity index (χ1v) is 12.1. The largest absolute Gasteiger partial charge is 0.353 e. The number of carbonyl (C=O) groups is 1. The van der Waals surface area contributed by atoms with Gasteiger partial charge in [0.15, 0.2) is 0 Å². The Labute approximate surface area is 188 Å². The third-order valence-corrected chi connectivity index (χ3v) is 6.97. The lowest BCUT2D eigenvalue weighted by Gasteiger charge is -2.31. The number of carbonyl (C=O) groups excluding carboxylic acids is 1. The van der Waals surface area contributed by atoms with Crippen LogP contribution in [0.3, 0.4) is 0 Å². The molecule has 164 valence electrons. The van der Waals surface area contributed by atoms with Gasteiger partial charge in [0.25, 0.3) is 5.78 Å². The topological polar surface area (TPSA) is 72.2 Å². The first-order valence-electron chi connectivity index (χ1n) is 11.1. The zero-order chi connectivity index (χ0) is 22.0. The molecule has 0 spiro atoms. The molecule has 2 atom stereocenters. The lowest BCUT2D eigenvalue weighted by Crippen LogP contribution is -2.40. The highest BCUT2D eigenvalue weighted by atomic mass is 32.2. The molecule has 1 aliphatic rings. The van der Waals surface area contributed by atoms with E-state index in [1.807, 2.05) is 13.0 Å². The Morgan fingerprint density at radius 2 is 1.81 bits per heavy atom. The van der Waals surface area contributed by atoms with E-state index in [1.54, 1.807) is 4.52 Å². The number of nitrogens with zero attached hydrogens (tertiary/aromatic N) is 4. The van der Waals surface area contributed by atoms with E-state index < -0.39 is 0 Å². The van der Waals surface area contributed by atoms with Crippen molar-refractivity contribution in [3.05, 3.63) is 52.8 Å². The fourth-order valence-corrected chi connectivity index (χ4v) is 5.40. The van der Waals surface area contributed by atoms with Gasteiger partial charge in [0, 0.05) is 23.9 Å². The van der Waals surface area contributed by atoms with Gasteiger partial charge in [0.2, 0.25) is 11.1 Å². The maximum Gasteiger partial charge on any atom is 0.253 e. The Morgan fingerprint density at radius 3 is 2.52 bits per heavy atom. The number of fused-ring (bicyclic) bond motifs is 1. The summed E-state index contributed by atoms with van der Waals surface area (Å²) >= 11 is 1.37. The number of nitrogens with one attached hydrogen (secondary N) is 1. The molecule has 0 unspecified atom stereocenters. The Morgan fingerprint density at radius 1 is 1.10 bits per heavy atom. The minimum atomic E-state index is 0.0563. The van der Waals surface area contributed by atoms with Crippen molar-refractivity contribution in [1.29, 1.82) is 0 Å². The van der Waals surface area contributed by atoms with Crippen LogP contribution < -0.4 is 5.32 Å². The van der Waals surface area contributed by atoms with E-state index in [0.29, 0.717) is 28.5 Å². The summed E-state index contributed by atoms with van der Waals surface area (Å²) in [5.74, 6) is 2.31. The van der Waals surface area contributed by atoms with Crippen LogP contribution in [0.15, 0.2) is 35.5 Å². The summed E-state index contributed by atoms with van der Waals surface area (Å²) in [4.78, 5) is 21.7.